The van der Waals surface area contributed by atoms with E-state index >= 15 is 0 Å². The van der Waals surface area contributed by atoms with Crippen LogP contribution in [0.4, 0.5) is 0 Å². The fourth-order valence-electron chi connectivity index (χ4n) is 3.30. The Balaban J connectivity index is 1.39. The van der Waals surface area contributed by atoms with Gasteiger partial charge in [0.05, 0.1) is 29.5 Å². The summed E-state index contributed by atoms with van der Waals surface area (Å²) >= 11 is 0. The molecule has 0 bridgehead atoms. The van der Waals surface area contributed by atoms with Gasteiger partial charge in [-0.25, -0.2) is 13.1 Å². The second-order valence-electron chi connectivity index (χ2n) is 6.65. The standard InChI is InChI=1S/C16H22N4O3S/c21-24(22,16-1-2-16)18-7-4-15-11-19(9-13-5-8-23-12-13)10-14-3-6-17-20(14)15/h3,5-6,8,12,15-16,18H,1-2,4,7,9-11H2/t15-/m1/s1. The summed E-state index contributed by atoms with van der Waals surface area (Å²) in [5.74, 6) is 0. The molecule has 130 valence electrons. The molecule has 4 rings (SSSR count). The first-order valence-electron chi connectivity index (χ1n) is 8.36. The molecular weight excluding hydrogens is 328 g/mol. The van der Waals surface area contributed by atoms with Gasteiger partial charge < -0.3 is 4.42 Å². The molecule has 1 fully saturated rings. The molecule has 24 heavy (non-hydrogen) atoms. The van der Waals surface area contributed by atoms with E-state index in [1.165, 1.54) is 5.69 Å². The topological polar surface area (TPSA) is 80.4 Å². The van der Waals surface area contributed by atoms with Crippen molar-refractivity contribution in [2.75, 3.05) is 13.1 Å². The van der Waals surface area contributed by atoms with E-state index in [0.29, 0.717) is 6.54 Å². The number of aromatic nitrogens is 2. The molecule has 1 aliphatic heterocycles. The van der Waals surface area contributed by atoms with Gasteiger partial charge in [0.1, 0.15) is 0 Å². The van der Waals surface area contributed by atoms with Gasteiger partial charge >= 0.3 is 0 Å². The Kier molecular flexibility index (Phi) is 4.19. The number of rotatable bonds is 7. The van der Waals surface area contributed by atoms with Crippen molar-refractivity contribution in [1.29, 1.82) is 0 Å². The molecule has 2 aliphatic rings. The summed E-state index contributed by atoms with van der Waals surface area (Å²) in [6, 6.07) is 4.19. The summed E-state index contributed by atoms with van der Waals surface area (Å²) in [5, 5.41) is 4.26. The highest BCUT2D eigenvalue weighted by molar-refractivity contribution is 7.90. The molecule has 0 unspecified atom stereocenters. The Morgan fingerprint density at radius 2 is 2.21 bits per heavy atom. The molecule has 7 nitrogen and oxygen atoms in total. The van der Waals surface area contributed by atoms with E-state index in [0.717, 1.165) is 44.5 Å². The van der Waals surface area contributed by atoms with Crippen LogP contribution in [0.2, 0.25) is 0 Å². The Morgan fingerprint density at radius 3 is 2.96 bits per heavy atom. The fourth-order valence-corrected chi connectivity index (χ4v) is 4.70. The Morgan fingerprint density at radius 1 is 1.33 bits per heavy atom. The van der Waals surface area contributed by atoms with Crippen LogP contribution in [-0.2, 0) is 23.1 Å². The third-order valence-corrected chi connectivity index (χ3v) is 6.64. The van der Waals surface area contributed by atoms with E-state index in [4.69, 9.17) is 4.42 Å². The minimum Gasteiger partial charge on any atom is -0.472 e. The highest BCUT2D eigenvalue weighted by atomic mass is 32.2. The summed E-state index contributed by atoms with van der Waals surface area (Å²) in [7, 11) is -3.11. The predicted molar refractivity (Wildman–Crippen MR) is 88.6 cm³/mol. The van der Waals surface area contributed by atoms with Crippen LogP contribution < -0.4 is 4.72 Å². The van der Waals surface area contributed by atoms with Crippen LogP contribution in [0.25, 0.3) is 0 Å². The minimum atomic E-state index is -3.11. The van der Waals surface area contributed by atoms with Crippen molar-refractivity contribution in [3.05, 3.63) is 42.1 Å². The number of nitrogens with one attached hydrogen (secondary N) is 1. The minimum absolute atomic E-state index is 0.165. The molecule has 0 amide bonds. The molecule has 8 heteroatoms. The first-order chi connectivity index (χ1) is 11.6. The van der Waals surface area contributed by atoms with Crippen molar-refractivity contribution < 1.29 is 12.8 Å². The van der Waals surface area contributed by atoms with Gasteiger partial charge in [0.15, 0.2) is 0 Å². The second kappa shape index (κ2) is 6.34. The van der Waals surface area contributed by atoms with Gasteiger partial charge in [-0.2, -0.15) is 5.10 Å². The lowest BCUT2D eigenvalue weighted by Crippen LogP contribution is -2.39. The van der Waals surface area contributed by atoms with Crippen LogP contribution in [0.3, 0.4) is 0 Å². The lowest BCUT2D eigenvalue weighted by Gasteiger charge is -2.33. The zero-order chi connectivity index (χ0) is 16.6. The van der Waals surface area contributed by atoms with Gasteiger partial charge in [-0.15, -0.1) is 0 Å². The summed E-state index contributed by atoms with van der Waals surface area (Å²) in [6.07, 6.45) is 7.60. The van der Waals surface area contributed by atoms with Crippen LogP contribution in [0.1, 0.15) is 36.6 Å². The van der Waals surface area contributed by atoms with E-state index in [9.17, 15) is 8.42 Å². The first-order valence-corrected chi connectivity index (χ1v) is 9.91. The molecule has 2 aromatic rings. The molecule has 1 N–H and O–H groups in total. The van der Waals surface area contributed by atoms with Crippen LogP contribution in [-0.4, -0.2) is 41.4 Å². The van der Waals surface area contributed by atoms with Crippen molar-refractivity contribution in [3.63, 3.8) is 0 Å². The Labute approximate surface area is 141 Å². The maximum absolute atomic E-state index is 12.0. The first kappa shape index (κ1) is 15.9. The van der Waals surface area contributed by atoms with Crippen LogP contribution in [0.5, 0.6) is 0 Å². The smallest absolute Gasteiger partial charge is 0.214 e. The summed E-state index contributed by atoms with van der Waals surface area (Å²) in [6.45, 7) is 2.98. The van der Waals surface area contributed by atoms with Crippen LogP contribution in [0, 0.1) is 0 Å². The number of hydrogen-bond acceptors (Lipinski definition) is 5. The SMILES string of the molecule is O=S(=O)(NCC[C@@H]1CN(Cc2ccoc2)Cc2ccnn21)C1CC1. The normalized spacial score (nSPS) is 21.8. The molecule has 1 aliphatic carbocycles. The number of fused-ring (bicyclic) bond motifs is 1. The van der Waals surface area contributed by atoms with Gasteiger partial charge in [-0.3, -0.25) is 9.58 Å². The fraction of sp³-hybridized carbons (Fsp3) is 0.562. The van der Waals surface area contributed by atoms with Crippen molar-refractivity contribution in [3.8, 4) is 0 Å². The maximum atomic E-state index is 12.0. The van der Waals surface area contributed by atoms with E-state index in [1.54, 1.807) is 12.5 Å². The molecule has 0 saturated heterocycles. The summed E-state index contributed by atoms with van der Waals surface area (Å²) in [4.78, 5) is 2.35. The molecule has 1 saturated carbocycles. The molecule has 3 heterocycles. The number of nitrogens with zero attached hydrogens (tertiary/aromatic N) is 3. The Bertz CT molecular complexity index is 780. The van der Waals surface area contributed by atoms with Crippen molar-refractivity contribution in [2.24, 2.45) is 0 Å². The molecular formula is C16H22N4O3S. The van der Waals surface area contributed by atoms with Gasteiger partial charge in [-0.05, 0) is 31.4 Å². The summed E-state index contributed by atoms with van der Waals surface area (Å²) < 4.78 is 33.8. The van der Waals surface area contributed by atoms with E-state index in [2.05, 4.69) is 14.7 Å². The molecule has 2 aromatic heterocycles. The van der Waals surface area contributed by atoms with E-state index in [-0.39, 0.29) is 11.3 Å². The highest BCUT2D eigenvalue weighted by Crippen LogP contribution is 2.28. The van der Waals surface area contributed by atoms with Gasteiger partial charge in [0.2, 0.25) is 10.0 Å². The largest absolute Gasteiger partial charge is 0.472 e. The lowest BCUT2D eigenvalue weighted by atomic mass is 10.1. The number of hydrogen-bond donors (Lipinski definition) is 1. The monoisotopic (exact) mass is 350 g/mol. The second-order valence-corrected chi connectivity index (χ2v) is 8.69. The van der Waals surface area contributed by atoms with Gasteiger partial charge in [0.25, 0.3) is 0 Å². The number of furan rings is 1. The van der Waals surface area contributed by atoms with Crippen LogP contribution in [0.15, 0.2) is 35.3 Å². The quantitative estimate of drug-likeness (QED) is 0.819. The molecule has 0 spiro atoms. The molecule has 0 aromatic carbocycles. The van der Waals surface area contributed by atoms with E-state index < -0.39 is 10.0 Å². The average Bonchev–Trinajstić information content (AvgIpc) is 3.11. The summed E-state index contributed by atoms with van der Waals surface area (Å²) in [5.41, 5.74) is 2.32. The molecule has 0 radical (unpaired) electrons. The zero-order valence-corrected chi connectivity index (χ0v) is 14.3. The van der Waals surface area contributed by atoms with Gasteiger partial charge in [0, 0.05) is 37.9 Å². The van der Waals surface area contributed by atoms with E-state index in [1.807, 2.05) is 23.0 Å². The predicted octanol–water partition coefficient (Wildman–Crippen LogP) is 1.50. The highest BCUT2D eigenvalue weighted by Gasteiger charge is 2.35. The van der Waals surface area contributed by atoms with Crippen molar-refractivity contribution in [1.82, 2.24) is 19.4 Å². The van der Waals surface area contributed by atoms with Crippen LogP contribution >= 0.6 is 0 Å². The zero-order valence-electron chi connectivity index (χ0n) is 13.5. The van der Waals surface area contributed by atoms with Gasteiger partial charge in [-0.1, -0.05) is 0 Å². The van der Waals surface area contributed by atoms with Crippen molar-refractivity contribution >= 4 is 10.0 Å². The Hall–Kier alpha value is -1.64. The third-order valence-electron chi connectivity index (χ3n) is 4.68. The lowest BCUT2D eigenvalue weighted by molar-refractivity contribution is 0.162. The number of sulfonamides is 1. The third kappa shape index (κ3) is 3.40. The van der Waals surface area contributed by atoms with Crippen molar-refractivity contribution in [2.45, 2.75) is 43.6 Å². The molecule has 1 atom stereocenters. The average molecular weight is 350 g/mol. The maximum Gasteiger partial charge on any atom is 0.214 e.